The Hall–Kier alpha value is -1.31. The van der Waals surface area contributed by atoms with Crippen LogP contribution >= 0.6 is 0 Å². The van der Waals surface area contributed by atoms with Crippen LogP contribution in [0, 0.1) is 6.92 Å². The maximum Gasteiger partial charge on any atom is 0.163 e. The molecule has 13 heavy (non-hydrogen) atoms. The number of carbonyl (C=O) groups excluding carboxylic acids is 1. The molecule has 1 aromatic carbocycles. The van der Waals surface area contributed by atoms with E-state index >= 15 is 0 Å². The van der Waals surface area contributed by atoms with E-state index in [0.29, 0.717) is 12.2 Å². The van der Waals surface area contributed by atoms with Gasteiger partial charge in [0.05, 0.1) is 6.61 Å². The summed E-state index contributed by atoms with van der Waals surface area (Å²) in [5.41, 5.74) is 0.591. The monoisotopic (exact) mass is 177 g/mol. The first kappa shape index (κ1) is 9.78. The molecule has 1 rings (SSSR count). The number of ketones is 1. The Labute approximate surface area is 78.5 Å². The topological polar surface area (TPSA) is 26.3 Å². The Balaban J connectivity index is 2.73. The summed E-state index contributed by atoms with van der Waals surface area (Å²) in [4.78, 5) is 10.9. The average molecular weight is 177 g/mol. The number of benzene rings is 1. The first-order valence-electron chi connectivity index (χ1n) is 4.33. The molecule has 0 amide bonds. The van der Waals surface area contributed by atoms with Crippen molar-refractivity contribution in [1.82, 2.24) is 0 Å². The highest BCUT2D eigenvalue weighted by molar-refractivity contribution is 5.99. The van der Waals surface area contributed by atoms with Crippen molar-refractivity contribution in [3.05, 3.63) is 36.8 Å². The third-order valence-electron chi connectivity index (χ3n) is 1.63. The molecule has 0 atom stereocenters. The zero-order valence-corrected chi connectivity index (χ0v) is 7.75. The average Bonchev–Trinajstić information content (AvgIpc) is 2.15. The third-order valence-corrected chi connectivity index (χ3v) is 1.63. The second-order valence-electron chi connectivity index (χ2n) is 2.80. The largest absolute Gasteiger partial charge is 0.494 e. The van der Waals surface area contributed by atoms with Crippen molar-refractivity contribution in [2.24, 2.45) is 0 Å². The Kier molecular flexibility index (Phi) is 3.50. The molecule has 0 fully saturated rings. The molecule has 0 aliphatic carbocycles. The minimum atomic E-state index is -0.179. The van der Waals surface area contributed by atoms with E-state index in [9.17, 15) is 4.79 Å². The van der Waals surface area contributed by atoms with E-state index in [2.05, 4.69) is 6.92 Å². The summed E-state index contributed by atoms with van der Waals surface area (Å²) < 4.78 is 5.37. The molecule has 0 heterocycles. The standard InChI is InChI=1S/C11H13O2/c1-3-7-13-11-6-4-5-10(8-11)9(2)12/h4-6,8H,2-3,7H2,1H3. The van der Waals surface area contributed by atoms with Crippen LogP contribution in [0.15, 0.2) is 24.3 Å². The molecule has 2 nitrogen and oxygen atoms in total. The van der Waals surface area contributed by atoms with Crippen LogP contribution in [0.5, 0.6) is 5.75 Å². The summed E-state index contributed by atoms with van der Waals surface area (Å²) in [6.45, 7) is 6.05. The van der Waals surface area contributed by atoms with Crippen LogP contribution in [0.2, 0.25) is 0 Å². The molecule has 69 valence electrons. The summed E-state index contributed by atoms with van der Waals surface area (Å²) in [5, 5.41) is 0. The summed E-state index contributed by atoms with van der Waals surface area (Å²) >= 11 is 0. The minimum Gasteiger partial charge on any atom is -0.494 e. The minimum absolute atomic E-state index is 0.179. The van der Waals surface area contributed by atoms with Crippen LogP contribution in [0.1, 0.15) is 23.7 Å². The fraction of sp³-hybridized carbons (Fsp3) is 0.273. The molecule has 0 spiro atoms. The first-order valence-corrected chi connectivity index (χ1v) is 4.33. The fourth-order valence-corrected chi connectivity index (χ4v) is 0.979. The highest BCUT2D eigenvalue weighted by Crippen LogP contribution is 2.13. The van der Waals surface area contributed by atoms with Gasteiger partial charge in [-0.25, -0.2) is 0 Å². The quantitative estimate of drug-likeness (QED) is 0.660. The maximum absolute atomic E-state index is 10.9. The normalized spacial score (nSPS) is 9.69. The Morgan fingerprint density at radius 2 is 2.31 bits per heavy atom. The molecule has 1 radical (unpaired) electrons. The van der Waals surface area contributed by atoms with Crippen molar-refractivity contribution >= 4 is 5.78 Å². The number of rotatable bonds is 4. The lowest BCUT2D eigenvalue weighted by Crippen LogP contribution is -1.97. The predicted molar refractivity (Wildman–Crippen MR) is 51.9 cm³/mol. The number of hydrogen-bond acceptors (Lipinski definition) is 2. The number of Topliss-reactive ketones (excluding diaryl/α,β-unsaturated/α-hetero) is 1. The number of carbonyl (C=O) groups is 1. The molecule has 0 aliphatic heterocycles. The van der Waals surface area contributed by atoms with Gasteiger partial charge in [-0.3, -0.25) is 4.79 Å². The van der Waals surface area contributed by atoms with Crippen molar-refractivity contribution < 1.29 is 9.53 Å². The van der Waals surface area contributed by atoms with Gasteiger partial charge in [0, 0.05) is 12.5 Å². The summed E-state index contributed by atoms with van der Waals surface area (Å²) in [6.07, 6.45) is 0.961. The molecular weight excluding hydrogens is 164 g/mol. The third kappa shape index (κ3) is 2.90. The first-order chi connectivity index (χ1) is 6.24. The molecule has 0 N–H and O–H groups in total. The van der Waals surface area contributed by atoms with Gasteiger partial charge in [0.25, 0.3) is 0 Å². The second-order valence-corrected chi connectivity index (χ2v) is 2.80. The van der Waals surface area contributed by atoms with E-state index in [1.807, 2.05) is 13.0 Å². The summed E-state index contributed by atoms with van der Waals surface area (Å²) in [5.74, 6) is 0.554. The van der Waals surface area contributed by atoms with Gasteiger partial charge in [-0.05, 0) is 18.6 Å². The van der Waals surface area contributed by atoms with Crippen molar-refractivity contribution in [2.45, 2.75) is 13.3 Å². The van der Waals surface area contributed by atoms with E-state index in [-0.39, 0.29) is 5.78 Å². The number of ether oxygens (including phenoxy) is 1. The Morgan fingerprint density at radius 1 is 1.54 bits per heavy atom. The molecule has 0 saturated heterocycles. The highest BCUT2D eigenvalue weighted by atomic mass is 16.5. The Morgan fingerprint density at radius 3 is 2.92 bits per heavy atom. The van der Waals surface area contributed by atoms with E-state index in [4.69, 9.17) is 4.74 Å². The van der Waals surface area contributed by atoms with Crippen molar-refractivity contribution in [1.29, 1.82) is 0 Å². The zero-order valence-electron chi connectivity index (χ0n) is 7.75. The molecule has 0 aliphatic rings. The van der Waals surface area contributed by atoms with Gasteiger partial charge in [0.2, 0.25) is 0 Å². The van der Waals surface area contributed by atoms with Crippen LogP contribution in [0.4, 0.5) is 0 Å². The summed E-state index contributed by atoms with van der Waals surface area (Å²) in [7, 11) is 0. The van der Waals surface area contributed by atoms with E-state index < -0.39 is 0 Å². The smallest absolute Gasteiger partial charge is 0.163 e. The molecule has 1 aromatic rings. The summed E-state index contributed by atoms with van der Waals surface area (Å²) in [6, 6.07) is 7.07. The molecule has 0 aromatic heterocycles. The molecule has 0 unspecified atom stereocenters. The molecular formula is C11H13O2. The predicted octanol–water partition coefficient (Wildman–Crippen LogP) is 2.49. The Bertz CT molecular complexity index is 292. The van der Waals surface area contributed by atoms with E-state index in [1.54, 1.807) is 18.2 Å². The van der Waals surface area contributed by atoms with Crippen molar-refractivity contribution in [2.75, 3.05) is 6.61 Å². The molecule has 0 saturated carbocycles. The second kappa shape index (κ2) is 4.65. The lowest BCUT2D eigenvalue weighted by Gasteiger charge is -2.04. The van der Waals surface area contributed by atoms with Crippen molar-refractivity contribution in [3.63, 3.8) is 0 Å². The fourth-order valence-electron chi connectivity index (χ4n) is 0.979. The lowest BCUT2D eigenvalue weighted by atomic mass is 10.1. The lowest BCUT2D eigenvalue weighted by molar-refractivity contribution is 0.104. The number of hydrogen-bond donors (Lipinski definition) is 0. The van der Waals surface area contributed by atoms with Gasteiger partial charge in [0.15, 0.2) is 5.78 Å². The van der Waals surface area contributed by atoms with Gasteiger partial charge < -0.3 is 4.74 Å². The highest BCUT2D eigenvalue weighted by Gasteiger charge is 2.00. The van der Waals surface area contributed by atoms with Gasteiger partial charge in [-0.2, -0.15) is 0 Å². The van der Waals surface area contributed by atoms with E-state index in [1.165, 1.54) is 0 Å². The van der Waals surface area contributed by atoms with Crippen LogP contribution < -0.4 is 4.74 Å². The molecule has 2 heteroatoms. The van der Waals surface area contributed by atoms with E-state index in [0.717, 1.165) is 12.2 Å². The van der Waals surface area contributed by atoms with Crippen LogP contribution in [0.3, 0.4) is 0 Å². The zero-order chi connectivity index (χ0) is 9.68. The van der Waals surface area contributed by atoms with Crippen LogP contribution in [0.25, 0.3) is 0 Å². The van der Waals surface area contributed by atoms with Gasteiger partial charge in [-0.1, -0.05) is 19.1 Å². The SMILES string of the molecule is [CH2]C(=O)c1cccc(OCCC)c1. The van der Waals surface area contributed by atoms with Gasteiger partial charge in [-0.15, -0.1) is 0 Å². The van der Waals surface area contributed by atoms with Crippen LogP contribution in [-0.4, -0.2) is 12.4 Å². The maximum atomic E-state index is 10.9. The van der Waals surface area contributed by atoms with Crippen LogP contribution in [-0.2, 0) is 0 Å². The van der Waals surface area contributed by atoms with Crippen molar-refractivity contribution in [3.8, 4) is 5.75 Å². The van der Waals surface area contributed by atoms with Gasteiger partial charge >= 0.3 is 0 Å². The van der Waals surface area contributed by atoms with Gasteiger partial charge in [0.1, 0.15) is 5.75 Å². The molecule has 0 bridgehead atoms.